The third-order valence-electron chi connectivity index (χ3n) is 2.81. The molecule has 1 amide bonds. The first-order valence-corrected chi connectivity index (χ1v) is 6.26. The van der Waals surface area contributed by atoms with Crippen molar-refractivity contribution in [2.24, 2.45) is 0 Å². The van der Waals surface area contributed by atoms with Crippen molar-refractivity contribution in [1.29, 1.82) is 0 Å². The Balaban J connectivity index is 1.96. The summed E-state index contributed by atoms with van der Waals surface area (Å²) in [5, 5.41) is 2.81. The molecule has 0 saturated heterocycles. The molecule has 106 valence electrons. The summed E-state index contributed by atoms with van der Waals surface area (Å²) >= 11 is 0. The van der Waals surface area contributed by atoms with E-state index < -0.39 is 0 Å². The molecule has 0 unspecified atom stereocenters. The Hall–Kier alpha value is -2.43. The van der Waals surface area contributed by atoms with E-state index in [0.29, 0.717) is 30.0 Å². The number of ether oxygens (including phenoxy) is 2. The number of rotatable bonds is 6. The van der Waals surface area contributed by atoms with Gasteiger partial charge in [0.1, 0.15) is 17.3 Å². The van der Waals surface area contributed by atoms with Crippen LogP contribution in [0.3, 0.4) is 0 Å². The minimum atomic E-state index is -0.0864. The maximum atomic E-state index is 11.9. The van der Waals surface area contributed by atoms with Crippen molar-refractivity contribution in [2.75, 3.05) is 19.5 Å². The lowest BCUT2D eigenvalue weighted by molar-refractivity contribution is -0.116. The molecule has 0 aliphatic heterocycles. The lowest BCUT2D eigenvalue weighted by Crippen LogP contribution is -2.12. The Kier molecular flexibility index (Phi) is 4.65. The largest absolute Gasteiger partial charge is 0.497 e. The molecule has 0 bridgehead atoms. The minimum Gasteiger partial charge on any atom is -0.497 e. The van der Waals surface area contributed by atoms with Crippen LogP contribution in [0.2, 0.25) is 0 Å². The number of nitrogens with one attached hydrogen (secondary N) is 1. The summed E-state index contributed by atoms with van der Waals surface area (Å²) in [5.74, 6) is 1.97. The number of hydrogen-bond donors (Lipinski definition) is 1. The zero-order valence-electron chi connectivity index (χ0n) is 11.5. The van der Waals surface area contributed by atoms with Crippen LogP contribution in [0.1, 0.15) is 12.2 Å². The Morgan fingerprint density at radius 2 is 1.90 bits per heavy atom. The van der Waals surface area contributed by atoms with Crippen LogP contribution in [0.4, 0.5) is 5.69 Å². The fourth-order valence-corrected chi connectivity index (χ4v) is 1.79. The Morgan fingerprint density at radius 1 is 1.20 bits per heavy atom. The monoisotopic (exact) mass is 275 g/mol. The minimum absolute atomic E-state index is 0.0864. The van der Waals surface area contributed by atoms with E-state index in [1.807, 2.05) is 6.07 Å². The number of carbonyl (C=O) groups excluding carboxylic acids is 1. The Bertz CT molecular complexity index is 541. The Labute approximate surface area is 117 Å². The predicted molar refractivity (Wildman–Crippen MR) is 75.2 cm³/mol. The van der Waals surface area contributed by atoms with Crippen LogP contribution in [-0.4, -0.2) is 20.1 Å². The summed E-state index contributed by atoms with van der Waals surface area (Å²) in [7, 11) is 3.13. The van der Waals surface area contributed by atoms with Crippen LogP contribution >= 0.6 is 0 Å². The molecule has 0 saturated carbocycles. The van der Waals surface area contributed by atoms with Gasteiger partial charge >= 0.3 is 0 Å². The highest BCUT2D eigenvalue weighted by Gasteiger charge is 2.07. The zero-order valence-corrected chi connectivity index (χ0v) is 11.5. The number of aryl methyl sites for hydroxylation is 1. The molecule has 1 N–H and O–H groups in total. The molecule has 20 heavy (non-hydrogen) atoms. The third-order valence-corrected chi connectivity index (χ3v) is 2.81. The van der Waals surface area contributed by atoms with Crippen LogP contribution < -0.4 is 14.8 Å². The molecule has 1 heterocycles. The molecule has 0 spiro atoms. The van der Waals surface area contributed by atoms with Crippen molar-refractivity contribution in [3.63, 3.8) is 0 Å². The summed E-state index contributed by atoms with van der Waals surface area (Å²) in [5.41, 5.74) is 0.644. The van der Waals surface area contributed by atoms with E-state index in [-0.39, 0.29) is 5.91 Å². The molecule has 2 rings (SSSR count). The highest BCUT2D eigenvalue weighted by molar-refractivity contribution is 5.91. The molecule has 0 fully saturated rings. The molecule has 0 atom stereocenters. The molecule has 0 radical (unpaired) electrons. The van der Waals surface area contributed by atoms with Crippen molar-refractivity contribution in [2.45, 2.75) is 12.8 Å². The maximum absolute atomic E-state index is 11.9. The second-order valence-electron chi connectivity index (χ2n) is 4.23. The summed E-state index contributed by atoms with van der Waals surface area (Å²) in [4.78, 5) is 11.9. The topological polar surface area (TPSA) is 60.7 Å². The van der Waals surface area contributed by atoms with Crippen molar-refractivity contribution in [1.82, 2.24) is 0 Å². The van der Waals surface area contributed by atoms with Gasteiger partial charge < -0.3 is 19.2 Å². The van der Waals surface area contributed by atoms with Crippen LogP contribution in [0.25, 0.3) is 0 Å². The van der Waals surface area contributed by atoms with E-state index in [0.717, 1.165) is 5.76 Å². The summed E-state index contributed by atoms with van der Waals surface area (Å²) in [6.45, 7) is 0. The summed E-state index contributed by atoms with van der Waals surface area (Å²) in [6.07, 6.45) is 2.52. The van der Waals surface area contributed by atoms with Crippen molar-refractivity contribution in [3.05, 3.63) is 42.4 Å². The number of methoxy groups -OCH3 is 2. The average Bonchev–Trinajstić information content (AvgIpc) is 2.98. The number of benzene rings is 1. The smallest absolute Gasteiger partial charge is 0.224 e. The standard InChI is InChI=1S/C15H17NO4/c1-18-13-8-11(9-14(10-13)19-2)16-15(17)6-5-12-4-3-7-20-12/h3-4,7-10H,5-6H2,1-2H3,(H,16,17). The number of hydrogen-bond acceptors (Lipinski definition) is 4. The van der Waals surface area contributed by atoms with Gasteiger partial charge in [-0.1, -0.05) is 0 Å². The highest BCUT2D eigenvalue weighted by Crippen LogP contribution is 2.25. The molecule has 1 aromatic heterocycles. The van der Waals surface area contributed by atoms with Gasteiger partial charge in [-0.05, 0) is 12.1 Å². The van der Waals surface area contributed by atoms with Gasteiger partial charge in [-0.3, -0.25) is 4.79 Å². The van der Waals surface area contributed by atoms with Gasteiger partial charge in [-0.15, -0.1) is 0 Å². The van der Waals surface area contributed by atoms with Gasteiger partial charge in [0.25, 0.3) is 0 Å². The Morgan fingerprint density at radius 3 is 2.45 bits per heavy atom. The van der Waals surface area contributed by atoms with Crippen molar-refractivity contribution in [3.8, 4) is 11.5 Å². The van der Waals surface area contributed by atoms with E-state index in [9.17, 15) is 4.79 Å². The van der Waals surface area contributed by atoms with E-state index >= 15 is 0 Å². The average molecular weight is 275 g/mol. The number of anilines is 1. The highest BCUT2D eigenvalue weighted by atomic mass is 16.5. The van der Waals surface area contributed by atoms with Crippen LogP contribution in [-0.2, 0) is 11.2 Å². The lowest BCUT2D eigenvalue weighted by atomic mass is 10.2. The van der Waals surface area contributed by atoms with Gasteiger partial charge in [0, 0.05) is 36.7 Å². The molecular weight excluding hydrogens is 258 g/mol. The molecular formula is C15H17NO4. The first-order chi connectivity index (χ1) is 9.71. The third kappa shape index (κ3) is 3.78. The predicted octanol–water partition coefficient (Wildman–Crippen LogP) is 2.87. The second-order valence-corrected chi connectivity index (χ2v) is 4.23. The number of amides is 1. The fraction of sp³-hybridized carbons (Fsp3) is 0.267. The quantitative estimate of drug-likeness (QED) is 0.880. The van der Waals surface area contributed by atoms with E-state index in [4.69, 9.17) is 13.9 Å². The summed E-state index contributed by atoms with van der Waals surface area (Å²) in [6, 6.07) is 8.89. The van der Waals surface area contributed by atoms with Crippen molar-refractivity contribution >= 4 is 11.6 Å². The second kappa shape index (κ2) is 6.65. The van der Waals surface area contributed by atoms with E-state index in [2.05, 4.69) is 5.32 Å². The normalized spacial score (nSPS) is 10.1. The molecule has 5 nitrogen and oxygen atoms in total. The van der Waals surface area contributed by atoms with Crippen molar-refractivity contribution < 1.29 is 18.7 Å². The van der Waals surface area contributed by atoms with Gasteiger partial charge in [0.15, 0.2) is 0 Å². The number of furan rings is 1. The van der Waals surface area contributed by atoms with Gasteiger partial charge in [-0.2, -0.15) is 0 Å². The summed E-state index contributed by atoms with van der Waals surface area (Å²) < 4.78 is 15.5. The zero-order chi connectivity index (χ0) is 14.4. The first-order valence-electron chi connectivity index (χ1n) is 6.26. The molecule has 1 aromatic carbocycles. The van der Waals surface area contributed by atoms with Crippen LogP contribution in [0, 0.1) is 0 Å². The lowest BCUT2D eigenvalue weighted by Gasteiger charge is -2.09. The molecule has 2 aromatic rings. The molecule has 0 aliphatic rings. The number of carbonyl (C=O) groups is 1. The first kappa shape index (κ1) is 14.0. The molecule has 0 aliphatic carbocycles. The maximum Gasteiger partial charge on any atom is 0.224 e. The fourth-order valence-electron chi connectivity index (χ4n) is 1.79. The van der Waals surface area contributed by atoms with E-state index in [1.165, 1.54) is 0 Å². The SMILES string of the molecule is COc1cc(NC(=O)CCc2ccco2)cc(OC)c1. The van der Waals surface area contributed by atoms with Crippen LogP contribution in [0.15, 0.2) is 41.0 Å². The van der Waals surface area contributed by atoms with Gasteiger partial charge in [-0.25, -0.2) is 0 Å². The molecule has 5 heteroatoms. The van der Waals surface area contributed by atoms with E-state index in [1.54, 1.807) is 44.7 Å². The van der Waals surface area contributed by atoms with Gasteiger partial charge in [0.05, 0.1) is 20.5 Å². The van der Waals surface area contributed by atoms with Gasteiger partial charge in [0.2, 0.25) is 5.91 Å². The van der Waals surface area contributed by atoms with Crippen LogP contribution in [0.5, 0.6) is 11.5 Å².